The van der Waals surface area contributed by atoms with Crippen LogP contribution in [0.5, 0.6) is 5.75 Å². The van der Waals surface area contributed by atoms with Crippen LogP contribution in [0.1, 0.15) is 37.8 Å². The molecule has 1 N–H and O–H groups in total. The van der Waals surface area contributed by atoms with E-state index < -0.39 is 9.04 Å². The largest absolute Gasteiger partial charge is 0.542 e. The Balaban J connectivity index is 2.50. The van der Waals surface area contributed by atoms with Crippen LogP contribution in [-0.2, 0) is 11.8 Å². The molecule has 0 bridgehead atoms. The smallest absolute Gasteiger partial charge is 0.274 e. The van der Waals surface area contributed by atoms with Crippen molar-refractivity contribution in [2.24, 2.45) is 0 Å². The molecule has 0 saturated heterocycles. The van der Waals surface area contributed by atoms with Gasteiger partial charge in [0.25, 0.3) is 9.04 Å². The predicted octanol–water partition coefficient (Wildman–Crippen LogP) is 4.11. The zero-order valence-electron chi connectivity index (χ0n) is 14.9. The molecule has 2 rings (SSSR count). The Morgan fingerprint density at radius 3 is 2.52 bits per heavy atom. The minimum absolute atomic E-state index is 0.0551. The number of aryl methyl sites for hydroxylation is 1. The van der Waals surface area contributed by atoms with Gasteiger partial charge in [-0.3, -0.25) is 0 Å². The maximum atomic E-state index is 9.12. The van der Waals surface area contributed by atoms with Gasteiger partial charge >= 0.3 is 0 Å². The Morgan fingerprint density at radius 2 is 1.96 bits per heavy atom. The molecule has 0 amide bonds. The molecule has 125 valence electrons. The predicted molar refractivity (Wildman–Crippen MR) is 94.3 cm³/mol. The molecule has 1 aromatic carbocycles. The maximum Gasteiger partial charge on any atom is 0.274 e. The SMILES string of the molecule is Cc1oc(-c2ccc(C(C)(C)C)cc2O[Si](C)C)nc1CCO. The van der Waals surface area contributed by atoms with E-state index in [1.165, 1.54) is 5.56 Å². The molecule has 0 saturated carbocycles. The van der Waals surface area contributed by atoms with Gasteiger partial charge in [0.05, 0.1) is 11.3 Å². The van der Waals surface area contributed by atoms with Crippen molar-refractivity contribution in [3.05, 3.63) is 35.2 Å². The lowest BCUT2D eigenvalue weighted by molar-refractivity contribution is 0.297. The van der Waals surface area contributed by atoms with E-state index in [4.69, 9.17) is 13.9 Å². The van der Waals surface area contributed by atoms with E-state index in [1.54, 1.807) is 0 Å². The summed E-state index contributed by atoms with van der Waals surface area (Å²) in [5.74, 6) is 2.14. The monoisotopic (exact) mass is 332 g/mol. The molecule has 0 unspecified atom stereocenters. The molecule has 1 radical (unpaired) electrons. The van der Waals surface area contributed by atoms with Crippen LogP contribution in [0.25, 0.3) is 11.5 Å². The van der Waals surface area contributed by atoms with Gasteiger partial charge in [0, 0.05) is 13.0 Å². The second kappa shape index (κ2) is 6.89. The number of hydrogen-bond acceptors (Lipinski definition) is 4. The number of oxazole rings is 1. The van der Waals surface area contributed by atoms with Crippen molar-refractivity contribution in [2.45, 2.75) is 52.6 Å². The van der Waals surface area contributed by atoms with E-state index in [1.807, 2.05) is 13.0 Å². The quantitative estimate of drug-likeness (QED) is 0.837. The van der Waals surface area contributed by atoms with Gasteiger partial charge in [-0.05, 0) is 43.1 Å². The summed E-state index contributed by atoms with van der Waals surface area (Å²) in [7, 11) is -0.900. The summed E-state index contributed by atoms with van der Waals surface area (Å²) in [5, 5.41) is 9.12. The van der Waals surface area contributed by atoms with E-state index in [-0.39, 0.29) is 12.0 Å². The van der Waals surface area contributed by atoms with Gasteiger partial charge in [0.2, 0.25) is 5.89 Å². The summed E-state index contributed by atoms with van der Waals surface area (Å²) in [4.78, 5) is 4.53. The highest BCUT2D eigenvalue weighted by Gasteiger charge is 2.20. The van der Waals surface area contributed by atoms with Gasteiger partial charge in [-0.2, -0.15) is 0 Å². The zero-order valence-corrected chi connectivity index (χ0v) is 15.9. The Bertz CT molecular complexity index is 671. The van der Waals surface area contributed by atoms with Gasteiger partial charge in [-0.1, -0.05) is 26.8 Å². The van der Waals surface area contributed by atoms with Crippen LogP contribution in [0.4, 0.5) is 0 Å². The highest BCUT2D eigenvalue weighted by Crippen LogP contribution is 2.35. The Hall–Kier alpha value is -1.59. The molecular formula is C18H26NO3Si. The van der Waals surface area contributed by atoms with Crippen LogP contribution in [0.15, 0.2) is 22.6 Å². The normalized spacial score (nSPS) is 12.0. The molecule has 0 aliphatic rings. The maximum absolute atomic E-state index is 9.12. The number of rotatable bonds is 5. The minimum Gasteiger partial charge on any atom is -0.542 e. The van der Waals surface area contributed by atoms with Crippen molar-refractivity contribution in [3.8, 4) is 17.2 Å². The number of hydrogen-bond donors (Lipinski definition) is 1. The van der Waals surface area contributed by atoms with E-state index in [2.05, 4.69) is 51.0 Å². The second-order valence-electron chi connectivity index (χ2n) is 6.97. The lowest BCUT2D eigenvalue weighted by atomic mass is 9.86. The lowest BCUT2D eigenvalue weighted by Crippen LogP contribution is -2.15. The van der Waals surface area contributed by atoms with Gasteiger partial charge in [0.1, 0.15) is 11.5 Å². The summed E-state index contributed by atoms with van der Waals surface area (Å²) >= 11 is 0. The molecular weight excluding hydrogens is 306 g/mol. The van der Waals surface area contributed by atoms with E-state index in [9.17, 15) is 0 Å². The zero-order chi connectivity index (χ0) is 17.2. The molecule has 0 aliphatic carbocycles. The third-order valence-corrected chi connectivity index (χ3v) is 4.26. The van der Waals surface area contributed by atoms with E-state index in [0.29, 0.717) is 12.3 Å². The molecule has 1 heterocycles. The van der Waals surface area contributed by atoms with Gasteiger partial charge in [-0.15, -0.1) is 0 Å². The van der Waals surface area contributed by atoms with Crippen LogP contribution in [-0.4, -0.2) is 25.7 Å². The van der Waals surface area contributed by atoms with E-state index >= 15 is 0 Å². The third-order valence-electron chi connectivity index (χ3n) is 3.63. The van der Waals surface area contributed by atoms with Crippen LogP contribution in [0.3, 0.4) is 0 Å². The number of benzene rings is 1. The topological polar surface area (TPSA) is 55.5 Å². The van der Waals surface area contributed by atoms with E-state index in [0.717, 1.165) is 22.8 Å². The van der Waals surface area contributed by atoms with Crippen LogP contribution in [0, 0.1) is 6.92 Å². The summed E-state index contributed by atoms with van der Waals surface area (Å²) in [6.45, 7) is 12.7. The van der Waals surface area contributed by atoms with Crippen molar-refractivity contribution in [1.82, 2.24) is 4.98 Å². The standard InChI is InChI=1S/C18H26NO3Si/c1-12-15(9-10-20)19-17(21-12)14-8-7-13(18(2,3)4)11-16(14)22-23(5)6/h7-8,11,20H,9-10H2,1-6H3. The number of aliphatic hydroxyl groups is 1. The third kappa shape index (κ3) is 4.23. The first-order chi connectivity index (χ1) is 10.7. The fourth-order valence-electron chi connectivity index (χ4n) is 2.35. The van der Waals surface area contributed by atoms with Crippen molar-refractivity contribution in [1.29, 1.82) is 0 Å². The average molecular weight is 332 g/mol. The van der Waals surface area contributed by atoms with Crippen molar-refractivity contribution in [3.63, 3.8) is 0 Å². The summed E-state index contributed by atoms with van der Waals surface area (Å²) in [6.07, 6.45) is 0.502. The molecule has 0 spiro atoms. The van der Waals surface area contributed by atoms with Gasteiger partial charge in [-0.25, -0.2) is 4.98 Å². The van der Waals surface area contributed by atoms with Crippen LogP contribution in [0.2, 0.25) is 13.1 Å². The first-order valence-electron chi connectivity index (χ1n) is 7.92. The van der Waals surface area contributed by atoms with Gasteiger partial charge in [0.15, 0.2) is 0 Å². The highest BCUT2D eigenvalue weighted by molar-refractivity contribution is 6.49. The fourth-order valence-corrected chi connectivity index (χ4v) is 2.96. The molecule has 4 nitrogen and oxygen atoms in total. The summed E-state index contributed by atoms with van der Waals surface area (Å²) < 4.78 is 11.9. The Morgan fingerprint density at radius 1 is 1.26 bits per heavy atom. The van der Waals surface area contributed by atoms with Crippen molar-refractivity contribution >= 4 is 9.04 Å². The van der Waals surface area contributed by atoms with Crippen molar-refractivity contribution < 1.29 is 13.9 Å². The Labute approximate surface area is 140 Å². The number of aliphatic hydroxyl groups excluding tert-OH is 1. The van der Waals surface area contributed by atoms with Gasteiger partial charge < -0.3 is 13.9 Å². The summed E-state index contributed by atoms with van der Waals surface area (Å²) in [5.41, 5.74) is 2.95. The summed E-state index contributed by atoms with van der Waals surface area (Å²) in [6, 6.07) is 6.22. The molecule has 2 aromatic rings. The molecule has 0 aliphatic heterocycles. The van der Waals surface area contributed by atoms with Crippen LogP contribution < -0.4 is 4.43 Å². The molecule has 0 atom stereocenters. The first kappa shape index (κ1) is 17.8. The minimum atomic E-state index is -0.900. The molecule has 0 fully saturated rings. The lowest BCUT2D eigenvalue weighted by Gasteiger charge is -2.21. The fraction of sp³-hybridized carbons (Fsp3) is 0.500. The number of nitrogens with zero attached hydrogens (tertiary/aromatic N) is 1. The highest BCUT2D eigenvalue weighted by atomic mass is 28.3. The first-order valence-corrected chi connectivity index (χ1v) is 10.3. The molecule has 1 aromatic heterocycles. The van der Waals surface area contributed by atoms with Crippen LogP contribution >= 0.6 is 0 Å². The second-order valence-corrected chi connectivity index (χ2v) is 8.99. The molecule has 23 heavy (non-hydrogen) atoms. The van der Waals surface area contributed by atoms with Crippen molar-refractivity contribution in [2.75, 3.05) is 6.61 Å². The molecule has 5 heteroatoms. The number of aromatic nitrogens is 1. The Kier molecular flexibility index (Phi) is 5.32. The average Bonchev–Trinajstić information content (AvgIpc) is 2.79.